The van der Waals surface area contributed by atoms with Crippen molar-refractivity contribution in [2.24, 2.45) is 0 Å². The summed E-state index contributed by atoms with van der Waals surface area (Å²) in [6.07, 6.45) is 1.24. The van der Waals surface area contributed by atoms with E-state index < -0.39 is 22.8 Å². The number of carbonyl (C=O) groups excluding carboxylic acids is 3. The molecular weight excluding hydrogens is 481 g/mol. The van der Waals surface area contributed by atoms with Gasteiger partial charge in [-0.15, -0.1) is 0 Å². The molecule has 1 heterocycles. The van der Waals surface area contributed by atoms with Crippen molar-refractivity contribution in [1.82, 2.24) is 5.32 Å². The van der Waals surface area contributed by atoms with Gasteiger partial charge in [0.05, 0.1) is 15.6 Å². The van der Waals surface area contributed by atoms with Crippen LogP contribution in [0.25, 0.3) is 6.08 Å². The van der Waals surface area contributed by atoms with Crippen LogP contribution in [0.5, 0.6) is 5.75 Å². The second kappa shape index (κ2) is 9.74. The fourth-order valence-corrected chi connectivity index (χ4v) is 3.51. The number of hydrogen-bond acceptors (Lipinski definition) is 6. The van der Waals surface area contributed by atoms with Crippen molar-refractivity contribution in [3.05, 3.63) is 104 Å². The Morgan fingerprint density at radius 1 is 1.06 bits per heavy atom. The average Bonchev–Trinajstić information content (AvgIpc) is 2.82. The van der Waals surface area contributed by atoms with Crippen molar-refractivity contribution in [3.63, 3.8) is 0 Å². The van der Waals surface area contributed by atoms with Crippen LogP contribution in [0.15, 0.2) is 72.3 Å². The topological polar surface area (TPSA) is 119 Å². The Morgan fingerprint density at radius 2 is 1.80 bits per heavy atom. The summed E-state index contributed by atoms with van der Waals surface area (Å²) in [6, 6.07) is 14.2. The molecule has 11 heteroatoms. The van der Waals surface area contributed by atoms with E-state index in [0.29, 0.717) is 16.2 Å². The van der Waals surface area contributed by atoms with Crippen LogP contribution in [-0.2, 0) is 16.2 Å². The van der Waals surface area contributed by atoms with E-state index in [1.807, 2.05) is 0 Å². The molecule has 4 rings (SSSR count). The van der Waals surface area contributed by atoms with Crippen LogP contribution in [-0.4, -0.2) is 22.8 Å². The number of nitrogens with zero attached hydrogens (tertiary/aromatic N) is 2. The van der Waals surface area contributed by atoms with Gasteiger partial charge in [-0.3, -0.25) is 25.0 Å². The van der Waals surface area contributed by atoms with E-state index in [1.165, 1.54) is 48.5 Å². The number of non-ortho nitro benzene ring substituents is 1. The van der Waals surface area contributed by atoms with Crippen molar-refractivity contribution in [2.75, 3.05) is 4.90 Å². The zero-order chi connectivity index (χ0) is 25.1. The number of nitro groups is 1. The first kappa shape index (κ1) is 23.6. The first-order valence-corrected chi connectivity index (χ1v) is 10.4. The van der Waals surface area contributed by atoms with Gasteiger partial charge in [0.2, 0.25) is 0 Å². The number of amides is 4. The molecule has 0 radical (unpaired) electrons. The molecule has 1 fully saturated rings. The van der Waals surface area contributed by atoms with Crippen LogP contribution < -0.4 is 15.0 Å². The predicted octanol–water partition coefficient (Wildman–Crippen LogP) is 4.63. The first-order chi connectivity index (χ1) is 16.7. The van der Waals surface area contributed by atoms with E-state index in [4.69, 9.17) is 16.3 Å². The maximum Gasteiger partial charge on any atom is 0.335 e. The number of rotatable bonds is 6. The molecule has 3 aromatic rings. The van der Waals surface area contributed by atoms with E-state index in [2.05, 4.69) is 5.32 Å². The van der Waals surface area contributed by atoms with Gasteiger partial charge in [0.15, 0.2) is 0 Å². The maximum absolute atomic E-state index is 13.0. The Balaban J connectivity index is 1.57. The zero-order valence-corrected chi connectivity index (χ0v) is 18.5. The van der Waals surface area contributed by atoms with Gasteiger partial charge in [0, 0.05) is 12.1 Å². The highest BCUT2D eigenvalue weighted by Crippen LogP contribution is 2.29. The Hall–Kier alpha value is -4.57. The zero-order valence-electron chi connectivity index (χ0n) is 17.7. The molecule has 0 aromatic heterocycles. The summed E-state index contributed by atoms with van der Waals surface area (Å²) in [5.41, 5.74) is 0.336. The van der Waals surface area contributed by atoms with Crippen molar-refractivity contribution in [1.29, 1.82) is 0 Å². The third-order valence-electron chi connectivity index (χ3n) is 4.97. The van der Waals surface area contributed by atoms with E-state index >= 15 is 0 Å². The molecule has 0 atom stereocenters. The first-order valence-electron chi connectivity index (χ1n) is 10.1. The molecule has 0 unspecified atom stereocenters. The van der Waals surface area contributed by atoms with Gasteiger partial charge in [-0.2, -0.15) is 0 Å². The van der Waals surface area contributed by atoms with E-state index in [1.54, 1.807) is 18.2 Å². The van der Waals surface area contributed by atoms with Gasteiger partial charge in [-0.1, -0.05) is 35.9 Å². The Labute approximate surface area is 202 Å². The number of anilines is 1. The maximum atomic E-state index is 13.0. The molecule has 1 aliphatic heterocycles. The summed E-state index contributed by atoms with van der Waals surface area (Å²) in [6.45, 7) is 0.140. The van der Waals surface area contributed by atoms with Crippen LogP contribution >= 0.6 is 11.6 Å². The van der Waals surface area contributed by atoms with Crippen LogP contribution in [0.1, 0.15) is 11.1 Å². The molecule has 9 nitrogen and oxygen atoms in total. The smallest absolute Gasteiger partial charge is 0.335 e. The van der Waals surface area contributed by atoms with Crippen LogP contribution in [0.2, 0.25) is 5.02 Å². The summed E-state index contributed by atoms with van der Waals surface area (Å²) < 4.78 is 18.7. The standard InChI is InChI=1S/C24H15ClFN3O6/c25-20-11-15(6-9-21(20)35-13-14-4-7-16(26)8-5-14)10-19-22(30)27-24(32)28(23(19)31)17-2-1-3-18(12-17)29(33)34/h1-12H,13H2,(H,27,30,32)/b19-10-. The molecule has 0 saturated carbocycles. The van der Waals surface area contributed by atoms with Gasteiger partial charge < -0.3 is 4.74 Å². The number of ether oxygens (including phenoxy) is 1. The van der Waals surface area contributed by atoms with Crippen molar-refractivity contribution < 1.29 is 28.4 Å². The highest BCUT2D eigenvalue weighted by atomic mass is 35.5. The number of halogens is 2. The minimum absolute atomic E-state index is 0.0670. The number of nitro benzene ring substituents is 1. The lowest BCUT2D eigenvalue weighted by molar-refractivity contribution is -0.384. The van der Waals surface area contributed by atoms with Crippen molar-refractivity contribution in [2.45, 2.75) is 6.61 Å². The third-order valence-corrected chi connectivity index (χ3v) is 5.27. The second-order valence-electron chi connectivity index (χ2n) is 7.34. The van der Waals surface area contributed by atoms with E-state index in [-0.39, 0.29) is 34.4 Å². The monoisotopic (exact) mass is 495 g/mol. The highest BCUT2D eigenvalue weighted by Gasteiger charge is 2.37. The van der Waals surface area contributed by atoms with Crippen LogP contribution in [0, 0.1) is 15.9 Å². The number of urea groups is 1. The van der Waals surface area contributed by atoms with Gasteiger partial charge in [0.1, 0.15) is 23.7 Å². The quantitative estimate of drug-likeness (QED) is 0.230. The van der Waals surface area contributed by atoms with Crippen molar-refractivity contribution >= 4 is 46.9 Å². The largest absolute Gasteiger partial charge is 0.487 e. The lowest BCUT2D eigenvalue weighted by Crippen LogP contribution is -2.54. The van der Waals surface area contributed by atoms with Gasteiger partial charge in [0.25, 0.3) is 17.5 Å². The number of hydrogen-bond donors (Lipinski definition) is 1. The predicted molar refractivity (Wildman–Crippen MR) is 124 cm³/mol. The summed E-state index contributed by atoms with van der Waals surface area (Å²) in [5.74, 6) is -1.91. The molecule has 4 amide bonds. The molecular formula is C24H15ClFN3O6. The highest BCUT2D eigenvalue weighted by molar-refractivity contribution is 6.39. The average molecular weight is 496 g/mol. The lowest BCUT2D eigenvalue weighted by Gasteiger charge is -2.26. The molecule has 0 spiro atoms. The Morgan fingerprint density at radius 3 is 2.49 bits per heavy atom. The molecule has 176 valence electrons. The number of benzene rings is 3. The summed E-state index contributed by atoms with van der Waals surface area (Å²) in [5, 5.41) is 13.3. The van der Waals surface area contributed by atoms with Gasteiger partial charge in [-0.05, 0) is 47.5 Å². The molecule has 1 N–H and O–H groups in total. The third kappa shape index (κ3) is 5.17. The number of carbonyl (C=O) groups is 3. The summed E-state index contributed by atoms with van der Waals surface area (Å²) in [7, 11) is 0. The number of nitrogens with one attached hydrogen (secondary N) is 1. The minimum atomic E-state index is -1.03. The molecule has 1 saturated heterocycles. The molecule has 0 aliphatic carbocycles. The second-order valence-corrected chi connectivity index (χ2v) is 7.75. The molecule has 35 heavy (non-hydrogen) atoms. The van der Waals surface area contributed by atoms with Crippen molar-refractivity contribution in [3.8, 4) is 5.75 Å². The minimum Gasteiger partial charge on any atom is -0.487 e. The summed E-state index contributed by atoms with van der Waals surface area (Å²) in [4.78, 5) is 48.7. The van der Waals surface area contributed by atoms with E-state index in [0.717, 1.165) is 11.6 Å². The fraction of sp³-hybridized carbons (Fsp3) is 0.0417. The fourth-order valence-electron chi connectivity index (χ4n) is 3.27. The normalized spacial score (nSPS) is 14.7. The SMILES string of the molecule is O=C1NC(=O)N(c2cccc([N+](=O)[O-])c2)C(=O)/C1=C\c1ccc(OCc2ccc(F)cc2)c(Cl)c1. The molecule has 1 aliphatic rings. The Kier molecular flexibility index (Phi) is 6.56. The summed E-state index contributed by atoms with van der Waals surface area (Å²) >= 11 is 6.28. The lowest BCUT2D eigenvalue weighted by atomic mass is 10.1. The van der Waals surface area contributed by atoms with E-state index in [9.17, 15) is 28.9 Å². The number of barbiturate groups is 1. The van der Waals surface area contributed by atoms with Gasteiger partial charge in [-0.25, -0.2) is 14.1 Å². The Bertz CT molecular complexity index is 1390. The van der Waals surface area contributed by atoms with Crippen LogP contribution in [0.3, 0.4) is 0 Å². The molecule has 0 bridgehead atoms. The molecule has 3 aromatic carbocycles. The number of imide groups is 2. The van der Waals surface area contributed by atoms with Gasteiger partial charge >= 0.3 is 6.03 Å². The van der Waals surface area contributed by atoms with Crippen LogP contribution in [0.4, 0.5) is 20.6 Å².